The minimum absolute atomic E-state index is 0.151. The van der Waals surface area contributed by atoms with Crippen molar-refractivity contribution in [2.24, 2.45) is 0 Å². The number of carbonyl (C=O) groups is 2. The molecule has 0 aromatic heterocycles. The van der Waals surface area contributed by atoms with Crippen molar-refractivity contribution in [3.05, 3.63) is 36.0 Å². The highest BCUT2D eigenvalue weighted by atomic mass is 16.7. The molecule has 0 saturated carbocycles. The minimum atomic E-state index is -1.56. The second-order valence-electron chi connectivity index (χ2n) is 6.04. The molecule has 1 saturated heterocycles. The minimum Gasteiger partial charge on any atom is -0.466 e. The van der Waals surface area contributed by atoms with Crippen molar-refractivity contribution in [1.82, 2.24) is 0 Å². The highest BCUT2D eigenvalue weighted by molar-refractivity contribution is 5.98. The molecule has 29 heavy (non-hydrogen) atoms. The van der Waals surface area contributed by atoms with Crippen LogP contribution in [0.4, 0.5) is 5.69 Å². The van der Waals surface area contributed by atoms with E-state index >= 15 is 0 Å². The van der Waals surface area contributed by atoms with E-state index in [0.717, 1.165) is 13.2 Å². The Hall–Kier alpha value is -2.70. The van der Waals surface area contributed by atoms with Gasteiger partial charge >= 0.3 is 11.9 Å². The third-order valence-electron chi connectivity index (χ3n) is 4.10. The summed E-state index contributed by atoms with van der Waals surface area (Å²) in [5, 5.41) is 41.5. The van der Waals surface area contributed by atoms with E-state index in [0.29, 0.717) is 5.69 Å². The lowest BCUT2D eigenvalue weighted by Gasteiger charge is -2.39. The maximum Gasteiger partial charge on any atom is 0.354 e. The molecule has 5 N–H and O–H groups in total. The molecule has 2 rings (SSSR count). The van der Waals surface area contributed by atoms with Gasteiger partial charge in [0, 0.05) is 5.69 Å². The maximum absolute atomic E-state index is 11.8. The molecular formula is C18H23NO10. The van der Waals surface area contributed by atoms with Crippen LogP contribution in [-0.2, 0) is 23.8 Å². The van der Waals surface area contributed by atoms with Crippen molar-refractivity contribution in [3.8, 4) is 5.75 Å². The molecule has 5 atom stereocenters. The lowest BCUT2D eigenvalue weighted by molar-refractivity contribution is -0.277. The number of anilines is 1. The van der Waals surface area contributed by atoms with Crippen LogP contribution in [0.1, 0.15) is 0 Å². The Morgan fingerprint density at radius 3 is 2.28 bits per heavy atom. The lowest BCUT2D eigenvalue weighted by Crippen LogP contribution is -2.60. The number of carbonyl (C=O) groups excluding carboxylic acids is 2. The molecule has 0 bridgehead atoms. The fourth-order valence-corrected chi connectivity index (χ4v) is 2.50. The fourth-order valence-electron chi connectivity index (χ4n) is 2.50. The number of esters is 2. The molecule has 1 aromatic carbocycles. The van der Waals surface area contributed by atoms with E-state index in [4.69, 9.17) is 9.47 Å². The van der Waals surface area contributed by atoms with Gasteiger partial charge in [-0.15, -0.1) is 0 Å². The van der Waals surface area contributed by atoms with E-state index in [1.165, 1.54) is 31.4 Å². The van der Waals surface area contributed by atoms with Crippen LogP contribution in [0.15, 0.2) is 36.0 Å². The summed E-state index contributed by atoms with van der Waals surface area (Å²) in [6.45, 7) is -0.573. The number of ether oxygens (including phenoxy) is 4. The molecule has 11 heteroatoms. The molecule has 0 aliphatic carbocycles. The zero-order valence-corrected chi connectivity index (χ0v) is 15.7. The van der Waals surface area contributed by atoms with Gasteiger partial charge in [0.15, 0.2) is 0 Å². The van der Waals surface area contributed by atoms with E-state index in [2.05, 4.69) is 14.8 Å². The molecule has 0 spiro atoms. The molecule has 1 heterocycles. The average Bonchev–Trinajstić information content (AvgIpc) is 2.74. The largest absolute Gasteiger partial charge is 0.466 e. The Morgan fingerprint density at radius 2 is 1.72 bits per heavy atom. The number of rotatable bonds is 7. The highest BCUT2D eigenvalue weighted by Gasteiger charge is 2.44. The Bertz CT molecular complexity index is 733. The molecule has 0 radical (unpaired) electrons. The van der Waals surface area contributed by atoms with Crippen LogP contribution in [0.25, 0.3) is 0 Å². The van der Waals surface area contributed by atoms with Gasteiger partial charge in [-0.25, -0.2) is 9.59 Å². The first-order valence-corrected chi connectivity index (χ1v) is 8.53. The van der Waals surface area contributed by atoms with Gasteiger partial charge in [-0.3, -0.25) is 0 Å². The van der Waals surface area contributed by atoms with Crippen molar-refractivity contribution in [2.75, 3.05) is 26.1 Å². The van der Waals surface area contributed by atoms with Crippen molar-refractivity contribution >= 4 is 17.6 Å². The SMILES string of the molecule is COC(=O)/C=C(/Nc1ccc(OC2OC(CO)C(O)C(O)C2O)cc1)C(=O)OC. The van der Waals surface area contributed by atoms with Gasteiger partial charge in [0.2, 0.25) is 6.29 Å². The van der Waals surface area contributed by atoms with E-state index in [1.54, 1.807) is 0 Å². The molecule has 1 aromatic rings. The molecule has 5 unspecified atom stereocenters. The Kier molecular flexibility index (Phi) is 7.93. The first-order valence-electron chi connectivity index (χ1n) is 8.53. The van der Waals surface area contributed by atoms with Crippen LogP contribution < -0.4 is 10.1 Å². The van der Waals surface area contributed by atoms with Gasteiger partial charge in [-0.05, 0) is 24.3 Å². The summed E-state index contributed by atoms with van der Waals surface area (Å²) in [5.41, 5.74) is 0.258. The molecular weight excluding hydrogens is 390 g/mol. The number of hydrogen-bond donors (Lipinski definition) is 5. The van der Waals surface area contributed by atoms with Crippen molar-refractivity contribution in [3.63, 3.8) is 0 Å². The third kappa shape index (κ3) is 5.65. The topological polar surface area (TPSA) is 164 Å². The van der Waals surface area contributed by atoms with E-state index in [-0.39, 0.29) is 11.4 Å². The van der Waals surface area contributed by atoms with Crippen molar-refractivity contribution < 1.29 is 49.0 Å². The summed E-state index contributed by atoms with van der Waals surface area (Å²) in [6, 6.07) is 5.95. The predicted molar refractivity (Wildman–Crippen MR) is 96.6 cm³/mol. The fraction of sp³-hybridized carbons (Fsp3) is 0.444. The number of hydrogen-bond acceptors (Lipinski definition) is 11. The van der Waals surface area contributed by atoms with Crippen LogP contribution in [0, 0.1) is 0 Å². The highest BCUT2D eigenvalue weighted by Crippen LogP contribution is 2.25. The zero-order chi connectivity index (χ0) is 21.6. The van der Waals surface area contributed by atoms with Crippen LogP contribution in [-0.4, -0.2) is 83.9 Å². The van der Waals surface area contributed by atoms with Gasteiger partial charge < -0.3 is 44.7 Å². The molecule has 1 aliphatic rings. The predicted octanol–water partition coefficient (Wildman–Crippen LogP) is -1.49. The van der Waals surface area contributed by atoms with E-state index < -0.39 is 49.3 Å². The average molecular weight is 413 g/mol. The number of aliphatic hydroxyl groups is 4. The van der Waals surface area contributed by atoms with Crippen LogP contribution in [0.3, 0.4) is 0 Å². The summed E-state index contributed by atoms with van der Waals surface area (Å²) in [7, 11) is 2.32. The zero-order valence-electron chi connectivity index (χ0n) is 15.7. The monoisotopic (exact) mass is 413 g/mol. The molecule has 160 valence electrons. The van der Waals surface area contributed by atoms with Gasteiger partial charge in [0.05, 0.1) is 26.9 Å². The Morgan fingerprint density at radius 1 is 1.07 bits per heavy atom. The van der Waals surface area contributed by atoms with Gasteiger partial charge in [0.25, 0.3) is 0 Å². The maximum atomic E-state index is 11.8. The van der Waals surface area contributed by atoms with Gasteiger partial charge in [-0.1, -0.05) is 0 Å². The first-order chi connectivity index (χ1) is 13.8. The van der Waals surface area contributed by atoms with E-state index in [1.807, 2.05) is 0 Å². The summed E-state index contributed by atoms with van der Waals surface area (Å²) in [6.07, 6.45) is -6.07. The lowest BCUT2D eigenvalue weighted by atomic mass is 9.99. The van der Waals surface area contributed by atoms with E-state index in [9.17, 15) is 30.0 Å². The summed E-state index contributed by atoms with van der Waals surface area (Å²) < 4.78 is 19.8. The number of benzene rings is 1. The third-order valence-corrected chi connectivity index (χ3v) is 4.10. The molecule has 11 nitrogen and oxygen atoms in total. The van der Waals surface area contributed by atoms with Crippen LogP contribution in [0.2, 0.25) is 0 Å². The quantitative estimate of drug-likeness (QED) is 0.261. The summed E-state index contributed by atoms with van der Waals surface area (Å²) >= 11 is 0. The summed E-state index contributed by atoms with van der Waals surface area (Å²) in [4.78, 5) is 23.1. The Balaban J connectivity index is 2.08. The smallest absolute Gasteiger partial charge is 0.354 e. The normalized spacial score (nSPS) is 27.1. The number of methoxy groups -OCH3 is 2. The van der Waals surface area contributed by atoms with Crippen molar-refractivity contribution in [1.29, 1.82) is 0 Å². The van der Waals surface area contributed by atoms with Gasteiger partial charge in [-0.2, -0.15) is 0 Å². The first kappa shape index (κ1) is 22.6. The van der Waals surface area contributed by atoms with Gasteiger partial charge in [0.1, 0.15) is 35.9 Å². The van der Waals surface area contributed by atoms with Crippen molar-refractivity contribution in [2.45, 2.75) is 30.7 Å². The standard InChI is InChI=1S/C18H23NO10/c1-26-13(21)7-11(17(25)27-2)19-9-3-5-10(6-4-9)28-18-16(24)15(23)14(22)12(8-20)29-18/h3-7,12,14-16,18-20,22-24H,8H2,1-2H3/b11-7+. The van der Waals surface area contributed by atoms with Crippen LogP contribution in [0.5, 0.6) is 5.75 Å². The summed E-state index contributed by atoms with van der Waals surface area (Å²) in [5.74, 6) is -1.30. The second kappa shape index (κ2) is 10.2. The number of aliphatic hydroxyl groups excluding tert-OH is 4. The number of nitrogens with one attached hydrogen (secondary N) is 1. The molecule has 1 fully saturated rings. The van der Waals surface area contributed by atoms with Crippen LogP contribution >= 0.6 is 0 Å². The second-order valence-corrected chi connectivity index (χ2v) is 6.04. The Labute approximate surface area is 166 Å². The molecule has 0 amide bonds. The molecule has 1 aliphatic heterocycles.